The zero-order chi connectivity index (χ0) is 19.3. The van der Waals surface area contributed by atoms with Crippen LogP contribution < -0.4 is 15.5 Å². The second-order valence-corrected chi connectivity index (χ2v) is 8.42. The number of aryl methyl sites for hydroxylation is 2. The number of nitrogens with zero attached hydrogens (tertiary/aromatic N) is 3. The van der Waals surface area contributed by atoms with Gasteiger partial charge in [-0.05, 0) is 48.9 Å². The molecule has 6 nitrogen and oxygen atoms in total. The first kappa shape index (κ1) is 20.2. The molecule has 142 valence electrons. The summed E-state index contributed by atoms with van der Waals surface area (Å²) in [7, 11) is 0. The van der Waals surface area contributed by atoms with Crippen LogP contribution in [-0.2, 0) is 0 Å². The molecule has 2 aromatic rings. The summed E-state index contributed by atoms with van der Waals surface area (Å²) >= 11 is 1.40. The van der Waals surface area contributed by atoms with Crippen molar-refractivity contribution in [3.8, 4) is 0 Å². The van der Waals surface area contributed by atoms with E-state index in [4.69, 9.17) is 0 Å². The summed E-state index contributed by atoms with van der Waals surface area (Å²) < 4.78 is 0. The van der Waals surface area contributed by atoms with Crippen molar-refractivity contribution in [1.29, 1.82) is 0 Å². The lowest BCUT2D eigenvalue weighted by atomic mass is 10.1. The highest BCUT2D eigenvalue weighted by Gasteiger charge is 2.16. The van der Waals surface area contributed by atoms with E-state index >= 15 is 0 Å². The molecule has 7 heteroatoms. The van der Waals surface area contributed by atoms with Gasteiger partial charge in [0.25, 0.3) is 0 Å². The number of rotatable bonds is 7. The molecule has 2 amide bonds. The number of carbonyl (C=O) groups is 1. The zero-order valence-corrected chi connectivity index (χ0v) is 17.3. The van der Waals surface area contributed by atoms with E-state index in [0.717, 1.165) is 29.5 Å². The Morgan fingerprint density at radius 1 is 1.04 bits per heavy atom. The highest BCUT2D eigenvalue weighted by Crippen LogP contribution is 2.26. The highest BCUT2D eigenvalue weighted by molar-refractivity contribution is 7.19. The van der Waals surface area contributed by atoms with E-state index in [2.05, 4.69) is 53.4 Å². The van der Waals surface area contributed by atoms with Crippen molar-refractivity contribution in [1.82, 2.24) is 10.2 Å². The quantitative estimate of drug-likeness (QED) is 0.721. The summed E-state index contributed by atoms with van der Waals surface area (Å²) in [5.41, 5.74) is 3.09. The molecule has 1 aromatic heterocycles. The normalized spacial score (nSPS) is 11.1. The predicted molar refractivity (Wildman–Crippen MR) is 110 cm³/mol. The first-order valence-electron chi connectivity index (χ1n) is 8.98. The Kier molecular flexibility index (Phi) is 6.97. The molecule has 0 atom stereocenters. The molecular formula is C19H29N5OS. The number of benzene rings is 1. The molecule has 1 heterocycles. The van der Waals surface area contributed by atoms with E-state index in [-0.39, 0.29) is 6.03 Å². The van der Waals surface area contributed by atoms with Gasteiger partial charge in [-0.2, -0.15) is 0 Å². The van der Waals surface area contributed by atoms with Crippen LogP contribution in [0.25, 0.3) is 0 Å². The van der Waals surface area contributed by atoms with Crippen molar-refractivity contribution >= 4 is 33.3 Å². The highest BCUT2D eigenvalue weighted by atomic mass is 32.1. The number of amides is 2. The smallest absolute Gasteiger partial charge is 0.325 e. The number of carbonyl (C=O) groups excluding carboxylic acids is 1. The van der Waals surface area contributed by atoms with Crippen molar-refractivity contribution in [3.63, 3.8) is 0 Å². The molecule has 0 spiro atoms. The molecule has 0 fully saturated rings. The number of hydrogen-bond acceptors (Lipinski definition) is 5. The Bertz CT molecular complexity index is 731. The second-order valence-electron chi connectivity index (χ2n) is 7.46. The minimum Gasteiger partial charge on any atom is -0.346 e. The van der Waals surface area contributed by atoms with Crippen molar-refractivity contribution in [2.24, 2.45) is 11.8 Å². The number of anilines is 3. The Balaban J connectivity index is 2.01. The van der Waals surface area contributed by atoms with Gasteiger partial charge in [0, 0.05) is 18.8 Å². The number of aromatic nitrogens is 2. The van der Waals surface area contributed by atoms with E-state index in [1.165, 1.54) is 16.9 Å². The third-order valence-corrected chi connectivity index (χ3v) is 4.74. The van der Waals surface area contributed by atoms with Gasteiger partial charge in [0.1, 0.15) is 0 Å². The van der Waals surface area contributed by atoms with Crippen molar-refractivity contribution in [2.75, 3.05) is 28.6 Å². The third-order valence-electron chi connectivity index (χ3n) is 3.84. The molecule has 0 aliphatic heterocycles. The molecule has 0 radical (unpaired) electrons. The topological polar surface area (TPSA) is 70.1 Å². The monoisotopic (exact) mass is 375 g/mol. The average molecular weight is 376 g/mol. The largest absolute Gasteiger partial charge is 0.346 e. The van der Waals surface area contributed by atoms with Crippen LogP contribution in [0.3, 0.4) is 0 Å². The van der Waals surface area contributed by atoms with E-state index in [9.17, 15) is 4.79 Å². The van der Waals surface area contributed by atoms with Gasteiger partial charge in [-0.25, -0.2) is 4.79 Å². The van der Waals surface area contributed by atoms with Crippen LogP contribution in [0.2, 0.25) is 0 Å². The lowest BCUT2D eigenvalue weighted by Gasteiger charge is -2.25. The number of hydrogen-bond donors (Lipinski definition) is 2. The van der Waals surface area contributed by atoms with E-state index in [0.29, 0.717) is 17.0 Å². The van der Waals surface area contributed by atoms with Gasteiger partial charge in [-0.3, -0.25) is 5.32 Å². The molecule has 2 rings (SSSR count). The predicted octanol–water partition coefficient (Wildman–Crippen LogP) is 4.92. The molecule has 2 N–H and O–H groups in total. The molecule has 0 aliphatic carbocycles. The molecule has 0 aliphatic rings. The minimum absolute atomic E-state index is 0.310. The lowest BCUT2D eigenvalue weighted by Crippen LogP contribution is -2.31. The molecular weight excluding hydrogens is 346 g/mol. The Morgan fingerprint density at radius 3 is 2.27 bits per heavy atom. The third kappa shape index (κ3) is 5.98. The van der Waals surface area contributed by atoms with Gasteiger partial charge in [0.15, 0.2) is 0 Å². The molecule has 0 unspecified atom stereocenters. The van der Waals surface area contributed by atoms with Gasteiger partial charge >= 0.3 is 6.03 Å². The second kappa shape index (κ2) is 8.98. The SMILES string of the molecule is Cc1ccc(NC(=O)Nc2nnc(N(CC(C)C)CC(C)C)s2)cc1C. The zero-order valence-electron chi connectivity index (χ0n) is 16.5. The Hall–Kier alpha value is -2.15. The molecule has 0 saturated heterocycles. The summed E-state index contributed by atoms with van der Waals surface area (Å²) in [6.45, 7) is 14.6. The summed E-state index contributed by atoms with van der Waals surface area (Å²) in [4.78, 5) is 14.5. The van der Waals surface area contributed by atoms with E-state index < -0.39 is 0 Å². The Labute approximate surface area is 160 Å². The molecule has 0 bridgehead atoms. The van der Waals surface area contributed by atoms with E-state index in [1.807, 2.05) is 32.0 Å². The van der Waals surface area contributed by atoms with E-state index in [1.54, 1.807) is 0 Å². The molecule has 0 saturated carbocycles. The molecule has 1 aromatic carbocycles. The maximum atomic E-state index is 12.2. The van der Waals surface area contributed by atoms with Gasteiger partial charge in [0.2, 0.25) is 10.3 Å². The maximum Gasteiger partial charge on any atom is 0.325 e. The van der Waals surface area contributed by atoms with Crippen LogP contribution in [0, 0.1) is 25.7 Å². The summed E-state index contributed by atoms with van der Waals surface area (Å²) in [5.74, 6) is 1.06. The van der Waals surface area contributed by atoms with Crippen LogP contribution in [0.15, 0.2) is 18.2 Å². The van der Waals surface area contributed by atoms with Crippen LogP contribution >= 0.6 is 11.3 Å². The Morgan fingerprint density at radius 2 is 1.69 bits per heavy atom. The molecule has 26 heavy (non-hydrogen) atoms. The summed E-state index contributed by atoms with van der Waals surface area (Å²) in [5, 5.41) is 15.3. The van der Waals surface area contributed by atoms with Gasteiger partial charge < -0.3 is 10.2 Å². The lowest BCUT2D eigenvalue weighted by molar-refractivity contribution is 0.262. The fourth-order valence-electron chi connectivity index (χ4n) is 2.58. The van der Waals surface area contributed by atoms with Gasteiger partial charge in [0.05, 0.1) is 0 Å². The fourth-order valence-corrected chi connectivity index (χ4v) is 3.34. The number of urea groups is 1. The number of nitrogens with one attached hydrogen (secondary N) is 2. The standard InChI is InChI=1S/C19H29N5OS/c1-12(2)10-24(11-13(3)4)19-23-22-18(26-19)21-17(25)20-16-8-7-14(5)15(6)9-16/h7-9,12-13H,10-11H2,1-6H3,(H2,20,21,22,25). The fraction of sp³-hybridized carbons (Fsp3) is 0.526. The van der Waals surface area contributed by atoms with Gasteiger partial charge in [-0.15, -0.1) is 10.2 Å². The van der Waals surface area contributed by atoms with Crippen molar-refractivity contribution in [3.05, 3.63) is 29.3 Å². The van der Waals surface area contributed by atoms with Crippen molar-refractivity contribution < 1.29 is 4.79 Å². The maximum absolute atomic E-state index is 12.2. The van der Waals surface area contributed by atoms with Crippen LogP contribution in [0.1, 0.15) is 38.8 Å². The van der Waals surface area contributed by atoms with Gasteiger partial charge in [-0.1, -0.05) is 45.1 Å². The first-order chi connectivity index (χ1) is 12.2. The van der Waals surface area contributed by atoms with Crippen molar-refractivity contribution in [2.45, 2.75) is 41.5 Å². The minimum atomic E-state index is -0.310. The van der Waals surface area contributed by atoms with Crippen LogP contribution in [-0.4, -0.2) is 29.3 Å². The summed E-state index contributed by atoms with van der Waals surface area (Å²) in [6.07, 6.45) is 0. The van der Waals surface area contributed by atoms with Crippen LogP contribution in [0.4, 0.5) is 20.7 Å². The first-order valence-corrected chi connectivity index (χ1v) is 9.80. The average Bonchev–Trinajstić information content (AvgIpc) is 2.97. The summed E-state index contributed by atoms with van der Waals surface area (Å²) in [6, 6.07) is 5.52. The van der Waals surface area contributed by atoms with Crippen LogP contribution in [0.5, 0.6) is 0 Å².